The van der Waals surface area contributed by atoms with Crippen molar-refractivity contribution < 1.29 is 9.53 Å². The molecule has 1 rings (SSSR count). The van der Waals surface area contributed by atoms with Crippen LogP contribution in [0.25, 0.3) is 0 Å². The lowest BCUT2D eigenvalue weighted by Crippen LogP contribution is -2.44. The van der Waals surface area contributed by atoms with E-state index < -0.39 is 0 Å². The van der Waals surface area contributed by atoms with Crippen LogP contribution < -0.4 is 11.1 Å². The molecular weight excluding hydrogens is 228 g/mol. The summed E-state index contributed by atoms with van der Waals surface area (Å²) in [6.07, 6.45) is 5.31. The van der Waals surface area contributed by atoms with Gasteiger partial charge in [0.25, 0.3) is 0 Å². The molecule has 3 N–H and O–H groups in total. The molecule has 106 valence electrons. The Labute approximate surface area is 111 Å². The van der Waals surface area contributed by atoms with Crippen LogP contribution in [-0.2, 0) is 9.53 Å². The number of carbonyl (C=O) groups is 1. The average molecular weight is 256 g/mol. The predicted octanol–water partition coefficient (Wildman–Crippen LogP) is 1.68. The van der Waals surface area contributed by atoms with Gasteiger partial charge in [0.05, 0.1) is 6.61 Å². The van der Waals surface area contributed by atoms with Crippen LogP contribution in [-0.4, -0.2) is 31.7 Å². The van der Waals surface area contributed by atoms with Crippen LogP contribution in [0.5, 0.6) is 0 Å². The van der Waals surface area contributed by atoms with Gasteiger partial charge in [-0.15, -0.1) is 0 Å². The Morgan fingerprint density at radius 3 is 2.89 bits per heavy atom. The number of unbranched alkanes of at least 4 members (excludes halogenated alkanes) is 1. The minimum Gasteiger partial charge on any atom is -0.380 e. The largest absolute Gasteiger partial charge is 0.380 e. The summed E-state index contributed by atoms with van der Waals surface area (Å²) < 4.78 is 5.42. The number of rotatable bonds is 7. The van der Waals surface area contributed by atoms with Gasteiger partial charge < -0.3 is 15.8 Å². The van der Waals surface area contributed by atoms with Crippen LogP contribution in [0, 0.1) is 11.8 Å². The zero-order valence-electron chi connectivity index (χ0n) is 11.8. The van der Waals surface area contributed by atoms with Gasteiger partial charge in [-0.05, 0) is 25.2 Å². The summed E-state index contributed by atoms with van der Waals surface area (Å²) in [4.78, 5) is 12.0. The van der Waals surface area contributed by atoms with Crippen molar-refractivity contribution >= 4 is 5.91 Å². The molecule has 0 aromatic rings. The second-order valence-electron chi connectivity index (χ2n) is 5.32. The van der Waals surface area contributed by atoms with Crippen LogP contribution in [0.15, 0.2) is 0 Å². The van der Waals surface area contributed by atoms with Crippen molar-refractivity contribution in [2.75, 3.05) is 19.8 Å². The van der Waals surface area contributed by atoms with Gasteiger partial charge in [0.15, 0.2) is 0 Å². The van der Waals surface area contributed by atoms with E-state index in [0.717, 1.165) is 38.7 Å². The molecule has 0 aromatic heterocycles. The standard InChI is InChI=1S/C14H28N2O2/c1-3-4-9-18-10-8-16-14(17)12-6-5-7-13(15)11(12)2/h11-13H,3-10,15H2,1-2H3,(H,16,17). The Balaban J connectivity index is 2.15. The molecule has 1 fully saturated rings. The van der Waals surface area contributed by atoms with Crippen molar-refractivity contribution in [2.24, 2.45) is 17.6 Å². The number of hydrogen-bond acceptors (Lipinski definition) is 3. The fraction of sp³-hybridized carbons (Fsp3) is 0.929. The van der Waals surface area contributed by atoms with E-state index in [-0.39, 0.29) is 17.9 Å². The Morgan fingerprint density at radius 2 is 2.17 bits per heavy atom. The third-order valence-corrected chi connectivity index (χ3v) is 3.89. The molecule has 4 nitrogen and oxygen atoms in total. The molecule has 0 radical (unpaired) electrons. The third kappa shape index (κ3) is 4.94. The van der Waals surface area contributed by atoms with Crippen LogP contribution >= 0.6 is 0 Å². The lowest BCUT2D eigenvalue weighted by molar-refractivity contribution is -0.128. The lowest BCUT2D eigenvalue weighted by Gasteiger charge is -2.32. The minimum atomic E-state index is 0.0874. The van der Waals surface area contributed by atoms with Gasteiger partial charge >= 0.3 is 0 Å². The van der Waals surface area contributed by atoms with Crippen LogP contribution in [0.4, 0.5) is 0 Å². The third-order valence-electron chi connectivity index (χ3n) is 3.89. The minimum absolute atomic E-state index is 0.0874. The van der Waals surface area contributed by atoms with Gasteiger partial charge in [0, 0.05) is 25.1 Å². The van der Waals surface area contributed by atoms with Crippen LogP contribution in [0.3, 0.4) is 0 Å². The molecule has 3 atom stereocenters. The van der Waals surface area contributed by atoms with Gasteiger partial charge in [-0.25, -0.2) is 0 Å². The second-order valence-corrected chi connectivity index (χ2v) is 5.32. The van der Waals surface area contributed by atoms with E-state index in [4.69, 9.17) is 10.5 Å². The smallest absolute Gasteiger partial charge is 0.223 e. The summed E-state index contributed by atoms with van der Waals surface area (Å²) in [5, 5.41) is 2.96. The van der Waals surface area contributed by atoms with Crippen molar-refractivity contribution in [3.63, 3.8) is 0 Å². The molecule has 0 heterocycles. The topological polar surface area (TPSA) is 64.3 Å². The lowest BCUT2D eigenvalue weighted by atomic mass is 9.77. The zero-order valence-corrected chi connectivity index (χ0v) is 11.8. The van der Waals surface area contributed by atoms with Gasteiger partial charge in [-0.1, -0.05) is 26.7 Å². The van der Waals surface area contributed by atoms with E-state index in [0.29, 0.717) is 19.1 Å². The number of amides is 1. The first kappa shape index (κ1) is 15.4. The van der Waals surface area contributed by atoms with Crippen LogP contribution in [0.1, 0.15) is 46.0 Å². The Kier molecular flexibility index (Phi) is 7.28. The molecular formula is C14H28N2O2. The van der Waals surface area contributed by atoms with Crippen molar-refractivity contribution in [3.8, 4) is 0 Å². The van der Waals surface area contributed by atoms with Crippen molar-refractivity contribution in [3.05, 3.63) is 0 Å². The summed E-state index contributed by atoms with van der Waals surface area (Å²) in [6, 6.07) is 0.176. The normalized spacial score (nSPS) is 28.1. The summed E-state index contributed by atoms with van der Waals surface area (Å²) >= 11 is 0. The van der Waals surface area contributed by atoms with Crippen LogP contribution in [0.2, 0.25) is 0 Å². The maximum atomic E-state index is 12.0. The monoisotopic (exact) mass is 256 g/mol. The first-order valence-electron chi connectivity index (χ1n) is 7.27. The molecule has 0 bridgehead atoms. The molecule has 3 unspecified atom stereocenters. The molecule has 1 aliphatic rings. The fourth-order valence-electron chi connectivity index (χ4n) is 2.49. The molecule has 0 spiro atoms. The van der Waals surface area contributed by atoms with Gasteiger partial charge in [-0.2, -0.15) is 0 Å². The Morgan fingerprint density at radius 1 is 1.39 bits per heavy atom. The predicted molar refractivity (Wildman–Crippen MR) is 73.2 cm³/mol. The summed E-state index contributed by atoms with van der Waals surface area (Å²) in [7, 11) is 0. The number of nitrogens with two attached hydrogens (primary N) is 1. The molecule has 0 saturated heterocycles. The number of hydrogen-bond donors (Lipinski definition) is 2. The Bertz CT molecular complexity index is 246. The van der Waals surface area contributed by atoms with E-state index in [9.17, 15) is 4.79 Å². The number of carbonyl (C=O) groups excluding carboxylic acids is 1. The van der Waals surface area contributed by atoms with Crippen molar-refractivity contribution in [1.82, 2.24) is 5.32 Å². The summed E-state index contributed by atoms with van der Waals surface area (Å²) in [6.45, 7) is 6.24. The maximum Gasteiger partial charge on any atom is 0.223 e. The van der Waals surface area contributed by atoms with Gasteiger partial charge in [0.2, 0.25) is 5.91 Å². The molecule has 1 saturated carbocycles. The van der Waals surface area contributed by atoms with Crippen molar-refractivity contribution in [2.45, 2.75) is 52.0 Å². The molecule has 1 amide bonds. The highest BCUT2D eigenvalue weighted by Gasteiger charge is 2.32. The van der Waals surface area contributed by atoms with E-state index in [1.54, 1.807) is 0 Å². The van der Waals surface area contributed by atoms with E-state index >= 15 is 0 Å². The zero-order chi connectivity index (χ0) is 13.4. The molecule has 0 aromatic carbocycles. The number of ether oxygens (including phenoxy) is 1. The number of nitrogens with one attached hydrogen (secondary N) is 1. The fourth-order valence-corrected chi connectivity index (χ4v) is 2.49. The molecule has 1 aliphatic carbocycles. The van der Waals surface area contributed by atoms with E-state index in [1.807, 2.05) is 0 Å². The summed E-state index contributed by atoms with van der Waals surface area (Å²) in [5.41, 5.74) is 6.01. The van der Waals surface area contributed by atoms with Gasteiger partial charge in [0.1, 0.15) is 0 Å². The van der Waals surface area contributed by atoms with Crippen molar-refractivity contribution in [1.29, 1.82) is 0 Å². The highest BCUT2D eigenvalue weighted by atomic mass is 16.5. The SMILES string of the molecule is CCCCOCCNC(=O)C1CCCC(N)C1C. The van der Waals surface area contributed by atoms with Gasteiger partial charge in [-0.3, -0.25) is 4.79 Å². The van der Waals surface area contributed by atoms with E-state index in [2.05, 4.69) is 19.2 Å². The first-order valence-corrected chi connectivity index (χ1v) is 7.27. The Hall–Kier alpha value is -0.610. The molecule has 4 heteroatoms. The first-order chi connectivity index (χ1) is 8.66. The molecule has 18 heavy (non-hydrogen) atoms. The molecule has 0 aliphatic heterocycles. The highest BCUT2D eigenvalue weighted by molar-refractivity contribution is 5.79. The maximum absolute atomic E-state index is 12.0. The highest BCUT2D eigenvalue weighted by Crippen LogP contribution is 2.28. The quantitative estimate of drug-likeness (QED) is 0.681. The average Bonchev–Trinajstić information content (AvgIpc) is 2.36. The second kappa shape index (κ2) is 8.48. The van der Waals surface area contributed by atoms with E-state index in [1.165, 1.54) is 0 Å². The summed E-state index contributed by atoms with van der Waals surface area (Å²) in [5.74, 6) is 0.529.